The summed E-state index contributed by atoms with van der Waals surface area (Å²) in [6.07, 6.45) is 6.19. The lowest BCUT2D eigenvalue weighted by Crippen LogP contribution is -2.42. The molecule has 1 aromatic heterocycles. The molecule has 0 saturated carbocycles. The van der Waals surface area contributed by atoms with E-state index >= 15 is 0 Å². The quantitative estimate of drug-likeness (QED) is 0.820. The first-order chi connectivity index (χ1) is 12.0. The van der Waals surface area contributed by atoms with Crippen LogP contribution in [0.3, 0.4) is 0 Å². The number of aryl methyl sites for hydroxylation is 1. The number of hydrogen-bond acceptors (Lipinski definition) is 3. The van der Waals surface area contributed by atoms with Crippen molar-refractivity contribution in [2.24, 2.45) is 11.8 Å². The summed E-state index contributed by atoms with van der Waals surface area (Å²) >= 11 is 0. The lowest BCUT2D eigenvalue weighted by Gasteiger charge is -2.33. The Labute approximate surface area is 150 Å². The Morgan fingerprint density at radius 2 is 2.04 bits per heavy atom. The zero-order chi connectivity index (χ0) is 18.0. The monoisotopic (exact) mass is 346 g/mol. The normalized spacial score (nSPS) is 22.2. The van der Waals surface area contributed by atoms with E-state index in [1.807, 2.05) is 22.2 Å². The van der Waals surface area contributed by atoms with Gasteiger partial charge >= 0.3 is 0 Å². The number of carbonyl (C=O) groups is 2. The van der Waals surface area contributed by atoms with Gasteiger partial charge in [-0.3, -0.25) is 9.59 Å². The van der Waals surface area contributed by atoms with E-state index in [0.29, 0.717) is 24.8 Å². The fourth-order valence-corrected chi connectivity index (χ4v) is 4.12. The first-order valence-electron chi connectivity index (χ1n) is 9.57. The summed E-state index contributed by atoms with van der Waals surface area (Å²) in [7, 11) is 0. The van der Waals surface area contributed by atoms with Gasteiger partial charge in [0.25, 0.3) is 0 Å². The SMILES string of the molecule is CCn1ccnc1C1CCN(C(=O)[C@@H]2CC(=O)N(CC(C)C)C2)CC1. The van der Waals surface area contributed by atoms with Gasteiger partial charge in [0.2, 0.25) is 11.8 Å². The van der Waals surface area contributed by atoms with Crippen LogP contribution in [0.4, 0.5) is 0 Å². The molecule has 2 aliphatic heterocycles. The third kappa shape index (κ3) is 3.88. The molecule has 1 atom stereocenters. The second kappa shape index (κ2) is 7.58. The number of carbonyl (C=O) groups excluding carboxylic acids is 2. The maximum atomic E-state index is 12.8. The van der Waals surface area contributed by atoms with Gasteiger partial charge in [0.05, 0.1) is 5.92 Å². The van der Waals surface area contributed by atoms with Gasteiger partial charge < -0.3 is 14.4 Å². The van der Waals surface area contributed by atoms with Crippen LogP contribution in [-0.2, 0) is 16.1 Å². The Kier molecular flexibility index (Phi) is 5.45. The van der Waals surface area contributed by atoms with Crippen LogP contribution in [-0.4, -0.2) is 57.3 Å². The lowest BCUT2D eigenvalue weighted by molar-refractivity contribution is -0.136. The molecule has 0 aliphatic carbocycles. The van der Waals surface area contributed by atoms with Crippen molar-refractivity contribution in [3.05, 3.63) is 18.2 Å². The minimum atomic E-state index is -0.152. The maximum Gasteiger partial charge on any atom is 0.227 e. The smallest absolute Gasteiger partial charge is 0.227 e. The average molecular weight is 346 g/mol. The van der Waals surface area contributed by atoms with Gasteiger partial charge in [-0.25, -0.2) is 4.98 Å². The molecular formula is C19H30N4O2. The molecule has 6 heteroatoms. The highest BCUT2D eigenvalue weighted by molar-refractivity contribution is 5.89. The third-order valence-electron chi connectivity index (χ3n) is 5.41. The highest BCUT2D eigenvalue weighted by Gasteiger charge is 2.37. The number of rotatable bonds is 5. The van der Waals surface area contributed by atoms with Crippen LogP contribution in [0.2, 0.25) is 0 Å². The van der Waals surface area contributed by atoms with Crippen molar-refractivity contribution >= 4 is 11.8 Å². The summed E-state index contributed by atoms with van der Waals surface area (Å²) in [5.74, 6) is 2.16. The van der Waals surface area contributed by atoms with E-state index in [-0.39, 0.29) is 17.7 Å². The second-order valence-electron chi connectivity index (χ2n) is 7.76. The summed E-state index contributed by atoms with van der Waals surface area (Å²) in [5, 5.41) is 0. The Hall–Kier alpha value is -1.85. The van der Waals surface area contributed by atoms with E-state index in [1.54, 1.807) is 0 Å². The van der Waals surface area contributed by atoms with Gasteiger partial charge in [-0.1, -0.05) is 13.8 Å². The van der Waals surface area contributed by atoms with Crippen molar-refractivity contribution in [1.29, 1.82) is 0 Å². The summed E-state index contributed by atoms with van der Waals surface area (Å²) in [6, 6.07) is 0. The van der Waals surface area contributed by atoms with Crippen LogP contribution >= 0.6 is 0 Å². The minimum absolute atomic E-state index is 0.131. The maximum absolute atomic E-state index is 12.8. The molecule has 2 amide bonds. The molecule has 2 aliphatic rings. The molecule has 0 radical (unpaired) electrons. The summed E-state index contributed by atoms with van der Waals surface area (Å²) in [6.45, 7) is 10.2. The Morgan fingerprint density at radius 3 is 2.68 bits per heavy atom. The van der Waals surface area contributed by atoms with Crippen LogP contribution in [0, 0.1) is 11.8 Å². The molecular weight excluding hydrogens is 316 g/mol. The lowest BCUT2D eigenvalue weighted by atomic mass is 9.94. The van der Waals surface area contributed by atoms with Crippen LogP contribution in [0.5, 0.6) is 0 Å². The third-order valence-corrected chi connectivity index (χ3v) is 5.41. The van der Waals surface area contributed by atoms with E-state index in [2.05, 4.69) is 30.3 Å². The van der Waals surface area contributed by atoms with Gasteiger partial charge in [0.15, 0.2) is 0 Å². The van der Waals surface area contributed by atoms with Crippen LogP contribution in [0.25, 0.3) is 0 Å². The van der Waals surface area contributed by atoms with Crippen LogP contribution in [0.1, 0.15) is 51.8 Å². The number of amides is 2. The molecule has 2 fully saturated rings. The highest BCUT2D eigenvalue weighted by Crippen LogP contribution is 2.29. The van der Waals surface area contributed by atoms with Crippen LogP contribution < -0.4 is 0 Å². The molecule has 0 N–H and O–H groups in total. The Balaban J connectivity index is 1.54. The minimum Gasteiger partial charge on any atom is -0.342 e. The molecule has 2 saturated heterocycles. The molecule has 3 heterocycles. The van der Waals surface area contributed by atoms with Gasteiger partial charge in [-0.05, 0) is 25.7 Å². The van der Waals surface area contributed by atoms with Crippen molar-refractivity contribution in [2.75, 3.05) is 26.2 Å². The topological polar surface area (TPSA) is 58.4 Å². The molecule has 0 bridgehead atoms. The molecule has 0 unspecified atom stereocenters. The summed E-state index contributed by atoms with van der Waals surface area (Å²) in [5.41, 5.74) is 0. The molecule has 25 heavy (non-hydrogen) atoms. The first-order valence-corrected chi connectivity index (χ1v) is 9.57. The Morgan fingerprint density at radius 1 is 1.32 bits per heavy atom. The van der Waals surface area contributed by atoms with E-state index in [1.165, 1.54) is 0 Å². The fourth-order valence-electron chi connectivity index (χ4n) is 4.12. The van der Waals surface area contributed by atoms with Crippen molar-refractivity contribution in [1.82, 2.24) is 19.4 Å². The van der Waals surface area contributed by atoms with Gasteiger partial charge in [0, 0.05) is 57.5 Å². The fraction of sp³-hybridized carbons (Fsp3) is 0.737. The molecule has 6 nitrogen and oxygen atoms in total. The van der Waals surface area contributed by atoms with Crippen molar-refractivity contribution < 1.29 is 9.59 Å². The first kappa shape index (κ1) is 18.0. The Bertz CT molecular complexity index is 617. The number of nitrogens with zero attached hydrogens (tertiary/aromatic N) is 4. The van der Waals surface area contributed by atoms with Crippen LogP contribution in [0.15, 0.2) is 12.4 Å². The molecule has 3 rings (SSSR count). The van der Waals surface area contributed by atoms with Crippen molar-refractivity contribution in [3.63, 3.8) is 0 Å². The molecule has 0 spiro atoms. The summed E-state index contributed by atoms with van der Waals surface area (Å²) in [4.78, 5) is 33.3. The second-order valence-corrected chi connectivity index (χ2v) is 7.76. The summed E-state index contributed by atoms with van der Waals surface area (Å²) < 4.78 is 2.20. The molecule has 1 aromatic rings. The van der Waals surface area contributed by atoms with E-state index in [4.69, 9.17) is 0 Å². The van der Waals surface area contributed by atoms with E-state index in [9.17, 15) is 9.59 Å². The number of likely N-dealkylation sites (tertiary alicyclic amines) is 2. The van der Waals surface area contributed by atoms with Gasteiger partial charge in [-0.2, -0.15) is 0 Å². The van der Waals surface area contributed by atoms with E-state index < -0.39 is 0 Å². The van der Waals surface area contributed by atoms with Crippen molar-refractivity contribution in [2.45, 2.75) is 52.5 Å². The zero-order valence-corrected chi connectivity index (χ0v) is 15.6. The molecule has 0 aromatic carbocycles. The standard InChI is InChI=1S/C19H30N4O2/c1-4-21-10-7-20-18(21)15-5-8-22(9-6-15)19(25)16-11-17(24)23(13-16)12-14(2)3/h7,10,14-16H,4-6,8-9,11-13H2,1-3H3/t16-/m1/s1. The highest BCUT2D eigenvalue weighted by atomic mass is 16.2. The van der Waals surface area contributed by atoms with E-state index in [0.717, 1.165) is 44.8 Å². The van der Waals surface area contributed by atoms with Gasteiger partial charge in [0.1, 0.15) is 5.82 Å². The number of aromatic nitrogens is 2. The number of piperidine rings is 1. The largest absolute Gasteiger partial charge is 0.342 e. The number of imidazole rings is 1. The predicted octanol–water partition coefficient (Wildman–Crippen LogP) is 2.11. The predicted molar refractivity (Wildman–Crippen MR) is 96.0 cm³/mol. The van der Waals surface area contributed by atoms with Crippen molar-refractivity contribution in [3.8, 4) is 0 Å². The number of hydrogen-bond donors (Lipinski definition) is 0. The molecule has 138 valence electrons. The van der Waals surface area contributed by atoms with Gasteiger partial charge in [-0.15, -0.1) is 0 Å². The zero-order valence-electron chi connectivity index (χ0n) is 15.6. The average Bonchev–Trinajstić information content (AvgIpc) is 3.21.